The smallest absolute Gasteiger partial charge is 0.433 e. The van der Waals surface area contributed by atoms with E-state index in [1.54, 1.807) is 17.3 Å². The fraction of sp³-hybridized carbons (Fsp3) is 0.348. The summed E-state index contributed by atoms with van der Waals surface area (Å²) in [5.74, 6) is -0.715. The van der Waals surface area contributed by atoms with E-state index < -0.39 is 6.09 Å². The second kappa shape index (κ2) is 12.0. The number of esters is 2. The Morgan fingerprint density at radius 3 is 2.76 bits per heavy atom. The minimum atomic E-state index is -0.483. The predicted octanol–water partition coefficient (Wildman–Crippen LogP) is 4.39. The van der Waals surface area contributed by atoms with Crippen molar-refractivity contribution in [2.24, 2.45) is 0 Å². The Hall–Kier alpha value is -2.60. The highest BCUT2D eigenvalue weighted by Gasteiger charge is 2.25. The molecule has 1 aliphatic heterocycles. The summed E-state index contributed by atoms with van der Waals surface area (Å²) in [6, 6.07) is 11.6. The van der Waals surface area contributed by atoms with Gasteiger partial charge in [-0.3, -0.25) is 9.80 Å². The van der Waals surface area contributed by atoms with E-state index in [0.717, 1.165) is 14.0 Å². The van der Waals surface area contributed by atoms with Crippen LogP contribution in [-0.2, 0) is 31.8 Å². The number of ether oxygens (including phenoxy) is 3. The average molecular weight is 584 g/mol. The van der Waals surface area contributed by atoms with Crippen LogP contribution in [0.3, 0.4) is 0 Å². The fourth-order valence-corrected chi connectivity index (χ4v) is 4.92. The van der Waals surface area contributed by atoms with Gasteiger partial charge in [0.15, 0.2) is 0 Å². The van der Waals surface area contributed by atoms with Gasteiger partial charge in [0.25, 0.3) is 0 Å². The van der Waals surface area contributed by atoms with Crippen LogP contribution in [0.25, 0.3) is 0 Å². The Morgan fingerprint density at radius 2 is 2.03 bits per heavy atom. The molecule has 0 radical (unpaired) electrons. The Labute approximate surface area is 210 Å². The molecule has 0 bridgehead atoms. The van der Waals surface area contributed by atoms with Gasteiger partial charge in [-0.1, -0.05) is 12.1 Å². The summed E-state index contributed by atoms with van der Waals surface area (Å²) < 4.78 is 16.5. The van der Waals surface area contributed by atoms with Gasteiger partial charge in [0.2, 0.25) is 0 Å². The van der Waals surface area contributed by atoms with Gasteiger partial charge < -0.3 is 14.2 Å². The van der Waals surface area contributed by atoms with E-state index in [-0.39, 0.29) is 18.0 Å². The summed E-state index contributed by atoms with van der Waals surface area (Å²) in [7, 11) is 1.34. The highest BCUT2D eigenvalue weighted by molar-refractivity contribution is 14.1. The molecule has 1 aromatic heterocycles. The van der Waals surface area contributed by atoms with Gasteiger partial charge in [-0.05, 0) is 52.4 Å². The molecule has 1 aliphatic rings. The fourth-order valence-electron chi connectivity index (χ4n) is 3.40. The summed E-state index contributed by atoms with van der Waals surface area (Å²) in [5, 5.41) is 3.28. The number of methoxy groups -OCH3 is 1. The van der Waals surface area contributed by atoms with E-state index in [9.17, 15) is 14.4 Å². The van der Waals surface area contributed by atoms with Crippen molar-refractivity contribution in [3.05, 3.63) is 67.7 Å². The molecule has 0 saturated carbocycles. The predicted molar refractivity (Wildman–Crippen MR) is 131 cm³/mol. The van der Waals surface area contributed by atoms with Crippen LogP contribution in [0.1, 0.15) is 33.5 Å². The maximum absolute atomic E-state index is 12.4. The van der Waals surface area contributed by atoms with Gasteiger partial charge >= 0.3 is 18.0 Å². The molecule has 0 spiro atoms. The largest absolute Gasteiger partial charge is 0.465 e. The van der Waals surface area contributed by atoms with Gasteiger partial charge in [-0.2, -0.15) is 0 Å². The first kappa shape index (κ1) is 25.0. The molecule has 0 saturated heterocycles. The molecule has 176 valence electrons. The van der Waals surface area contributed by atoms with Crippen LogP contribution in [-0.4, -0.2) is 54.4 Å². The maximum Gasteiger partial charge on any atom is 0.433 e. The highest BCUT2D eigenvalue weighted by Crippen LogP contribution is 2.20. The first-order valence-corrected chi connectivity index (χ1v) is 12.3. The first-order chi connectivity index (χ1) is 15.9. The van der Waals surface area contributed by atoms with Crippen molar-refractivity contribution in [3.8, 4) is 0 Å². The number of hydrogen-bond donors (Lipinski definition) is 0. The molecule has 1 amide bonds. The van der Waals surface area contributed by atoms with Crippen molar-refractivity contribution in [2.45, 2.75) is 32.3 Å². The Morgan fingerprint density at radius 1 is 1.21 bits per heavy atom. The molecule has 33 heavy (non-hydrogen) atoms. The van der Waals surface area contributed by atoms with Crippen LogP contribution in [0, 0.1) is 3.57 Å². The lowest BCUT2D eigenvalue weighted by Gasteiger charge is -2.35. The SMILES string of the molecule is COC(=O)c1ccc(CCN2C(=O)OC=CN2CCC(Cc2cccc(I)c2)OC(C)=O)s1. The van der Waals surface area contributed by atoms with Crippen molar-refractivity contribution in [1.82, 2.24) is 10.0 Å². The molecule has 3 rings (SSSR count). The van der Waals surface area contributed by atoms with Gasteiger partial charge in [0, 0.05) is 41.2 Å². The number of rotatable bonds is 10. The van der Waals surface area contributed by atoms with Gasteiger partial charge in [-0.15, -0.1) is 11.3 Å². The molecule has 0 N–H and O–H groups in total. The van der Waals surface area contributed by atoms with Crippen LogP contribution in [0.5, 0.6) is 0 Å². The number of cyclic esters (lactones) is 1. The third-order valence-electron chi connectivity index (χ3n) is 4.91. The third-order valence-corrected chi connectivity index (χ3v) is 6.70. The lowest BCUT2D eigenvalue weighted by Crippen LogP contribution is -2.47. The Kier molecular flexibility index (Phi) is 9.12. The summed E-state index contributed by atoms with van der Waals surface area (Å²) in [4.78, 5) is 37.2. The number of benzene rings is 1. The zero-order chi connectivity index (χ0) is 23.8. The summed E-state index contributed by atoms with van der Waals surface area (Å²) in [6.07, 6.45) is 3.90. The number of halogens is 1. The molecule has 0 aliphatic carbocycles. The average Bonchev–Trinajstić information content (AvgIpc) is 3.25. The van der Waals surface area contributed by atoms with Crippen LogP contribution in [0.2, 0.25) is 0 Å². The summed E-state index contributed by atoms with van der Waals surface area (Å²) in [5.41, 5.74) is 1.08. The zero-order valence-electron chi connectivity index (χ0n) is 18.4. The lowest BCUT2D eigenvalue weighted by molar-refractivity contribution is -0.147. The van der Waals surface area contributed by atoms with E-state index in [0.29, 0.717) is 37.2 Å². The number of nitrogens with zero attached hydrogens (tertiary/aromatic N) is 2. The summed E-state index contributed by atoms with van der Waals surface area (Å²) in [6.45, 7) is 2.24. The molecular weight excluding hydrogens is 559 g/mol. The van der Waals surface area contributed by atoms with E-state index >= 15 is 0 Å². The standard InChI is InChI=1S/C23H25IN2O6S/c1-16(27)32-19(15-17-4-3-5-18(24)14-17)8-10-25-12-13-31-23(29)26(25)11-9-20-6-7-21(33-20)22(28)30-2/h3-7,12-14,19H,8-11,15H2,1-2H3. The number of hydrogen-bond acceptors (Lipinski definition) is 8. The molecule has 0 fully saturated rings. The van der Waals surface area contributed by atoms with Crippen LogP contribution < -0.4 is 0 Å². The van der Waals surface area contributed by atoms with Gasteiger partial charge in [-0.25, -0.2) is 14.6 Å². The molecule has 1 aromatic carbocycles. The Balaban J connectivity index is 1.62. The van der Waals surface area contributed by atoms with Crippen LogP contribution >= 0.6 is 33.9 Å². The van der Waals surface area contributed by atoms with Gasteiger partial charge in [0.1, 0.15) is 17.2 Å². The molecule has 2 aromatic rings. The number of carbonyl (C=O) groups is 3. The lowest BCUT2D eigenvalue weighted by atomic mass is 10.1. The third kappa shape index (κ3) is 7.46. The topological polar surface area (TPSA) is 85.4 Å². The molecule has 8 nitrogen and oxygen atoms in total. The maximum atomic E-state index is 12.4. The van der Waals surface area contributed by atoms with Crippen molar-refractivity contribution in [3.63, 3.8) is 0 Å². The number of carbonyl (C=O) groups excluding carboxylic acids is 3. The number of amides is 1. The second-order valence-electron chi connectivity index (χ2n) is 7.32. The van der Waals surface area contributed by atoms with Crippen LogP contribution in [0.4, 0.5) is 4.79 Å². The minimum absolute atomic E-state index is 0.325. The first-order valence-electron chi connectivity index (χ1n) is 10.4. The monoisotopic (exact) mass is 584 g/mol. The second-order valence-corrected chi connectivity index (χ2v) is 9.73. The van der Waals surface area contributed by atoms with Crippen LogP contribution in [0.15, 0.2) is 48.9 Å². The van der Waals surface area contributed by atoms with E-state index in [1.807, 2.05) is 24.3 Å². The van der Waals surface area contributed by atoms with Crippen molar-refractivity contribution in [2.75, 3.05) is 20.2 Å². The normalized spacial score (nSPS) is 14.1. The summed E-state index contributed by atoms with van der Waals surface area (Å²) >= 11 is 3.59. The van der Waals surface area contributed by atoms with Crippen molar-refractivity contribution >= 4 is 52.0 Å². The molecule has 10 heteroatoms. The number of thiophene rings is 1. The molecule has 2 heterocycles. The zero-order valence-corrected chi connectivity index (χ0v) is 21.3. The van der Waals surface area contributed by atoms with Crippen molar-refractivity contribution < 1.29 is 28.6 Å². The van der Waals surface area contributed by atoms with Gasteiger partial charge in [0.05, 0.1) is 19.9 Å². The number of hydrazine groups is 1. The van der Waals surface area contributed by atoms with E-state index in [1.165, 1.54) is 36.6 Å². The van der Waals surface area contributed by atoms with Crippen molar-refractivity contribution in [1.29, 1.82) is 0 Å². The minimum Gasteiger partial charge on any atom is -0.465 e. The molecular formula is C23H25IN2O6S. The molecule has 1 unspecified atom stereocenters. The molecule has 1 atom stereocenters. The van der Waals surface area contributed by atoms with E-state index in [2.05, 4.69) is 28.7 Å². The Bertz CT molecular complexity index is 1020. The van der Waals surface area contributed by atoms with E-state index in [4.69, 9.17) is 14.2 Å². The quantitative estimate of drug-likeness (QED) is 0.233. The highest BCUT2D eigenvalue weighted by atomic mass is 127.